The highest BCUT2D eigenvalue weighted by atomic mass is 35.5. The van der Waals surface area contributed by atoms with Crippen LogP contribution in [0.2, 0.25) is 5.02 Å². The fraction of sp³-hybridized carbons (Fsp3) is 0.389. The van der Waals surface area contributed by atoms with Gasteiger partial charge < -0.3 is 10.1 Å². The van der Waals surface area contributed by atoms with Crippen LogP contribution >= 0.6 is 11.6 Å². The molecule has 5 nitrogen and oxygen atoms in total. The van der Waals surface area contributed by atoms with Crippen molar-refractivity contribution < 1.29 is 9.53 Å². The van der Waals surface area contributed by atoms with Gasteiger partial charge in [-0.15, -0.1) is 0 Å². The third kappa shape index (κ3) is 4.10. The van der Waals surface area contributed by atoms with Crippen LogP contribution < -0.4 is 5.32 Å². The summed E-state index contributed by atoms with van der Waals surface area (Å²) in [5.41, 5.74) is 1.50. The summed E-state index contributed by atoms with van der Waals surface area (Å²) in [5.74, 6) is 0.969. The number of aromatic nitrogens is 2. The zero-order valence-electron chi connectivity index (χ0n) is 13.5. The summed E-state index contributed by atoms with van der Waals surface area (Å²) in [6.45, 7) is 3.14. The van der Waals surface area contributed by atoms with Gasteiger partial charge in [-0.05, 0) is 37.8 Å². The molecule has 1 aromatic carbocycles. The maximum absolute atomic E-state index is 12.3. The van der Waals surface area contributed by atoms with Crippen molar-refractivity contribution in [1.82, 2.24) is 15.3 Å². The molecule has 1 aromatic heterocycles. The van der Waals surface area contributed by atoms with Gasteiger partial charge in [-0.3, -0.25) is 4.79 Å². The molecular formula is C18H20ClN3O2. The second kappa shape index (κ2) is 7.73. The molecule has 2 atom stereocenters. The molecule has 24 heavy (non-hydrogen) atoms. The van der Waals surface area contributed by atoms with E-state index in [1.807, 2.05) is 31.5 Å². The number of hydrogen-bond acceptors (Lipinski definition) is 4. The highest BCUT2D eigenvalue weighted by Gasteiger charge is 2.25. The molecule has 1 amide bonds. The van der Waals surface area contributed by atoms with E-state index >= 15 is 0 Å². The summed E-state index contributed by atoms with van der Waals surface area (Å²) in [6, 6.07) is 7.07. The first kappa shape index (κ1) is 16.9. The fourth-order valence-corrected chi connectivity index (χ4v) is 3.05. The number of nitrogens with zero attached hydrogens (tertiary/aromatic N) is 2. The molecule has 0 aliphatic carbocycles. The van der Waals surface area contributed by atoms with E-state index in [0.29, 0.717) is 29.7 Å². The van der Waals surface area contributed by atoms with Gasteiger partial charge in [0.15, 0.2) is 0 Å². The van der Waals surface area contributed by atoms with E-state index in [1.54, 1.807) is 12.1 Å². The number of nitrogens with one attached hydrogen (secondary N) is 1. The van der Waals surface area contributed by atoms with Gasteiger partial charge in [-0.1, -0.05) is 23.7 Å². The summed E-state index contributed by atoms with van der Waals surface area (Å²) in [4.78, 5) is 20.7. The van der Waals surface area contributed by atoms with Crippen LogP contribution in [0.4, 0.5) is 0 Å². The van der Waals surface area contributed by atoms with Crippen molar-refractivity contribution in [3.8, 4) is 0 Å². The molecule has 3 rings (SSSR count). The maximum atomic E-state index is 12.3. The molecular weight excluding hydrogens is 326 g/mol. The summed E-state index contributed by atoms with van der Waals surface area (Å²) in [7, 11) is 0. The maximum Gasteiger partial charge on any atom is 0.252 e. The zero-order chi connectivity index (χ0) is 16.9. The van der Waals surface area contributed by atoms with Crippen molar-refractivity contribution in [2.24, 2.45) is 5.92 Å². The number of carbonyl (C=O) groups is 1. The standard InChI is InChI=1S/C18H20ClN3O2/c1-12-20-10-14(11-21-12)17-8-13(6-7-24-17)9-22-18(23)15-4-2-3-5-16(15)19/h2-5,10-11,13,17H,6-9H2,1H3,(H,22,23). The van der Waals surface area contributed by atoms with Crippen LogP contribution in [0, 0.1) is 12.8 Å². The van der Waals surface area contributed by atoms with Crippen molar-refractivity contribution in [3.05, 3.63) is 58.6 Å². The van der Waals surface area contributed by atoms with E-state index in [1.165, 1.54) is 0 Å². The minimum atomic E-state index is -0.137. The normalized spacial score (nSPS) is 20.6. The lowest BCUT2D eigenvalue weighted by molar-refractivity contribution is -0.0102. The minimum Gasteiger partial charge on any atom is -0.373 e. The Morgan fingerprint density at radius 3 is 2.83 bits per heavy atom. The number of amides is 1. The molecule has 1 N–H and O–H groups in total. The average Bonchev–Trinajstić information content (AvgIpc) is 2.61. The van der Waals surface area contributed by atoms with Crippen LogP contribution in [-0.4, -0.2) is 29.0 Å². The number of halogens is 1. The lowest BCUT2D eigenvalue weighted by Gasteiger charge is -2.29. The molecule has 2 unspecified atom stereocenters. The first-order valence-electron chi connectivity index (χ1n) is 8.06. The molecule has 0 saturated carbocycles. The van der Waals surface area contributed by atoms with Gasteiger partial charge in [0.1, 0.15) is 5.82 Å². The van der Waals surface area contributed by atoms with Gasteiger partial charge in [-0.2, -0.15) is 0 Å². The molecule has 0 spiro atoms. The largest absolute Gasteiger partial charge is 0.373 e. The Morgan fingerprint density at radius 2 is 2.08 bits per heavy atom. The Labute approximate surface area is 146 Å². The molecule has 2 aromatic rings. The van der Waals surface area contributed by atoms with Gasteiger partial charge in [-0.25, -0.2) is 9.97 Å². The van der Waals surface area contributed by atoms with E-state index in [2.05, 4.69) is 15.3 Å². The Morgan fingerprint density at radius 1 is 1.33 bits per heavy atom. The third-order valence-electron chi connectivity index (χ3n) is 4.24. The third-order valence-corrected chi connectivity index (χ3v) is 4.56. The Bertz CT molecular complexity index is 706. The van der Waals surface area contributed by atoms with E-state index in [9.17, 15) is 4.79 Å². The molecule has 0 bridgehead atoms. The van der Waals surface area contributed by atoms with Crippen molar-refractivity contribution in [2.75, 3.05) is 13.2 Å². The van der Waals surface area contributed by atoms with Crippen LogP contribution in [0.15, 0.2) is 36.7 Å². The van der Waals surface area contributed by atoms with E-state index in [0.717, 1.165) is 24.2 Å². The van der Waals surface area contributed by atoms with Crippen LogP contribution in [0.5, 0.6) is 0 Å². The number of hydrogen-bond donors (Lipinski definition) is 1. The Kier molecular flexibility index (Phi) is 5.43. The predicted octanol–water partition coefficient (Wildman–Crippen LogP) is 3.34. The van der Waals surface area contributed by atoms with Crippen molar-refractivity contribution in [2.45, 2.75) is 25.9 Å². The molecule has 0 radical (unpaired) electrons. The first-order valence-corrected chi connectivity index (χ1v) is 8.44. The second-order valence-electron chi connectivity index (χ2n) is 6.00. The summed E-state index contributed by atoms with van der Waals surface area (Å²) in [6.07, 6.45) is 5.39. The molecule has 1 aliphatic rings. The Balaban J connectivity index is 1.57. The molecule has 6 heteroatoms. The predicted molar refractivity (Wildman–Crippen MR) is 92.0 cm³/mol. The van der Waals surface area contributed by atoms with E-state index in [-0.39, 0.29) is 12.0 Å². The Hall–Kier alpha value is -1.98. The van der Waals surface area contributed by atoms with Crippen molar-refractivity contribution >= 4 is 17.5 Å². The molecule has 2 heterocycles. The summed E-state index contributed by atoms with van der Waals surface area (Å²) in [5, 5.41) is 3.45. The van der Waals surface area contributed by atoms with E-state index in [4.69, 9.17) is 16.3 Å². The summed E-state index contributed by atoms with van der Waals surface area (Å²) < 4.78 is 5.83. The number of benzene rings is 1. The number of aryl methyl sites for hydroxylation is 1. The smallest absolute Gasteiger partial charge is 0.252 e. The van der Waals surface area contributed by atoms with Crippen molar-refractivity contribution in [3.63, 3.8) is 0 Å². The molecule has 1 fully saturated rings. The number of rotatable bonds is 4. The highest BCUT2D eigenvalue weighted by molar-refractivity contribution is 6.33. The zero-order valence-corrected chi connectivity index (χ0v) is 14.3. The number of carbonyl (C=O) groups excluding carboxylic acids is 1. The molecule has 1 saturated heterocycles. The van der Waals surface area contributed by atoms with Gasteiger partial charge >= 0.3 is 0 Å². The van der Waals surface area contributed by atoms with Crippen LogP contribution in [0.1, 0.15) is 40.7 Å². The minimum absolute atomic E-state index is 0.0124. The lowest BCUT2D eigenvalue weighted by Crippen LogP contribution is -2.33. The monoisotopic (exact) mass is 345 g/mol. The quantitative estimate of drug-likeness (QED) is 0.923. The van der Waals surface area contributed by atoms with Gasteiger partial charge in [0.05, 0.1) is 16.7 Å². The number of ether oxygens (including phenoxy) is 1. The van der Waals surface area contributed by atoms with Crippen molar-refractivity contribution in [1.29, 1.82) is 0 Å². The second-order valence-corrected chi connectivity index (χ2v) is 6.41. The lowest BCUT2D eigenvalue weighted by atomic mass is 9.93. The topological polar surface area (TPSA) is 64.1 Å². The van der Waals surface area contributed by atoms with Crippen LogP contribution in [-0.2, 0) is 4.74 Å². The highest BCUT2D eigenvalue weighted by Crippen LogP contribution is 2.30. The average molecular weight is 346 g/mol. The summed E-state index contributed by atoms with van der Waals surface area (Å²) >= 11 is 6.06. The first-order chi connectivity index (χ1) is 11.6. The van der Waals surface area contributed by atoms with Gasteiger partial charge in [0, 0.05) is 31.1 Å². The molecule has 1 aliphatic heterocycles. The van der Waals surface area contributed by atoms with Crippen LogP contribution in [0.3, 0.4) is 0 Å². The molecule has 126 valence electrons. The van der Waals surface area contributed by atoms with Gasteiger partial charge in [0.2, 0.25) is 0 Å². The SMILES string of the molecule is Cc1ncc(C2CC(CNC(=O)c3ccccc3Cl)CCO2)cn1. The van der Waals surface area contributed by atoms with Gasteiger partial charge in [0.25, 0.3) is 5.91 Å². The fourth-order valence-electron chi connectivity index (χ4n) is 2.83. The van der Waals surface area contributed by atoms with E-state index < -0.39 is 0 Å². The van der Waals surface area contributed by atoms with Crippen LogP contribution in [0.25, 0.3) is 0 Å².